The fourth-order valence-corrected chi connectivity index (χ4v) is 3.85. The van der Waals surface area contributed by atoms with Gasteiger partial charge in [0.1, 0.15) is 22.8 Å². The van der Waals surface area contributed by atoms with Crippen molar-refractivity contribution < 1.29 is 18.7 Å². The van der Waals surface area contributed by atoms with Crippen LogP contribution < -0.4 is 10.6 Å². The number of hydrogen-bond donors (Lipinski definition) is 2. The number of nitrogen functional groups attached to an aromatic ring is 1. The number of carbonyl (C=O) groups is 1. The van der Waals surface area contributed by atoms with E-state index in [-0.39, 0.29) is 41.8 Å². The van der Waals surface area contributed by atoms with E-state index in [1.807, 2.05) is 0 Å². The number of aromatic nitrogens is 5. The van der Waals surface area contributed by atoms with E-state index in [1.54, 1.807) is 42.6 Å². The first-order valence-electron chi connectivity index (χ1n) is 10.8. The number of hydrogen-bond acceptors (Lipinski definition) is 6. The Balaban J connectivity index is 1.53. The Hall–Kier alpha value is -4.93. The first kappa shape index (κ1) is 22.8. The van der Waals surface area contributed by atoms with E-state index >= 15 is 0 Å². The summed E-state index contributed by atoms with van der Waals surface area (Å²) < 4.78 is 29.8. The van der Waals surface area contributed by atoms with E-state index in [1.165, 1.54) is 35.1 Å². The van der Waals surface area contributed by atoms with Gasteiger partial charge in [0.15, 0.2) is 5.82 Å². The van der Waals surface area contributed by atoms with E-state index < -0.39 is 11.9 Å². The number of rotatable bonds is 6. The highest BCUT2D eigenvalue weighted by atomic mass is 19.1. The van der Waals surface area contributed by atoms with Crippen molar-refractivity contribution in [3.63, 3.8) is 0 Å². The van der Waals surface area contributed by atoms with Gasteiger partial charge in [0.05, 0.1) is 24.0 Å². The Labute approximate surface area is 203 Å². The molecule has 0 atom stereocenters. The van der Waals surface area contributed by atoms with Gasteiger partial charge in [-0.25, -0.2) is 18.6 Å². The standard InChI is InChI=1S/C25H19F2N7O2/c26-17-8-3-1-6-15(17)12-19-22-20(10-5-11-29-22)34(32-19)24-30-13-21(23(28)31-24)33(25(35)36)14-16-7-2-4-9-18(16)27/h1-11,13H,12,14H2,(H,35,36)(H2,28,30,31). The normalized spacial score (nSPS) is 11.1. The van der Waals surface area contributed by atoms with Gasteiger partial charge in [-0.3, -0.25) is 9.88 Å². The van der Waals surface area contributed by atoms with E-state index in [4.69, 9.17) is 5.73 Å². The number of amides is 1. The number of anilines is 2. The maximum atomic E-state index is 14.3. The highest BCUT2D eigenvalue weighted by Gasteiger charge is 2.22. The van der Waals surface area contributed by atoms with Crippen LogP contribution >= 0.6 is 0 Å². The van der Waals surface area contributed by atoms with Gasteiger partial charge in [-0.2, -0.15) is 14.8 Å². The van der Waals surface area contributed by atoms with Gasteiger partial charge < -0.3 is 10.8 Å². The van der Waals surface area contributed by atoms with Crippen LogP contribution in [0.1, 0.15) is 16.8 Å². The Morgan fingerprint density at radius 2 is 1.67 bits per heavy atom. The quantitative estimate of drug-likeness (QED) is 0.365. The van der Waals surface area contributed by atoms with Crippen LogP contribution in [-0.4, -0.2) is 35.9 Å². The highest BCUT2D eigenvalue weighted by Crippen LogP contribution is 2.26. The molecule has 3 aromatic heterocycles. The molecule has 3 heterocycles. The predicted octanol–water partition coefficient (Wildman–Crippen LogP) is 4.35. The molecule has 0 unspecified atom stereocenters. The van der Waals surface area contributed by atoms with Gasteiger partial charge in [0.2, 0.25) is 0 Å². The number of nitrogens with zero attached hydrogens (tertiary/aromatic N) is 6. The molecule has 0 saturated carbocycles. The van der Waals surface area contributed by atoms with Crippen LogP contribution in [0.15, 0.2) is 73.1 Å². The lowest BCUT2D eigenvalue weighted by Gasteiger charge is -2.20. The van der Waals surface area contributed by atoms with Crippen molar-refractivity contribution in [1.82, 2.24) is 24.7 Å². The smallest absolute Gasteiger partial charge is 0.412 e. The van der Waals surface area contributed by atoms with Crippen LogP contribution in [0.2, 0.25) is 0 Å². The molecule has 1 amide bonds. The molecule has 0 bridgehead atoms. The molecule has 2 aromatic carbocycles. The van der Waals surface area contributed by atoms with Gasteiger partial charge in [0.25, 0.3) is 5.95 Å². The second-order valence-corrected chi connectivity index (χ2v) is 7.90. The van der Waals surface area contributed by atoms with Crippen molar-refractivity contribution >= 4 is 28.6 Å². The van der Waals surface area contributed by atoms with Crippen molar-refractivity contribution in [1.29, 1.82) is 0 Å². The van der Waals surface area contributed by atoms with Gasteiger partial charge in [0, 0.05) is 18.2 Å². The molecule has 0 aliphatic heterocycles. The maximum Gasteiger partial charge on any atom is 0.412 e. The maximum absolute atomic E-state index is 14.3. The molecule has 0 saturated heterocycles. The minimum Gasteiger partial charge on any atom is -0.465 e. The summed E-state index contributed by atoms with van der Waals surface area (Å²) in [6, 6.07) is 15.7. The number of pyridine rings is 1. The molecule has 36 heavy (non-hydrogen) atoms. The monoisotopic (exact) mass is 487 g/mol. The molecule has 5 aromatic rings. The number of benzene rings is 2. The van der Waals surface area contributed by atoms with E-state index in [0.717, 1.165) is 4.90 Å². The van der Waals surface area contributed by atoms with Gasteiger partial charge in [-0.15, -0.1) is 0 Å². The summed E-state index contributed by atoms with van der Waals surface area (Å²) in [5, 5.41) is 14.3. The molecule has 3 N–H and O–H groups in total. The summed E-state index contributed by atoms with van der Waals surface area (Å²) in [5.74, 6) is -0.963. The largest absolute Gasteiger partial charge is 0.465 e. The molecule has 0 spiro atoms. The Morgan fingerprint density at radius 1 is 0.972 bits per heavy atom. The molecule has 11 heteroatoms. The average Bonchev–Trinajstić information content (AvgIpc) is 3.23. The van der Waals surface area contributed by atoms with Crippen LogP contribution in [-0.2, 0) is 13.0 Å². The van der Waals surface area contributed by atoms with Crippen LogP contribution in [0.25, 0.3) is 17.0 Å². The Kier molecular flexibility index (Phi) is 5.95. The number of fused-ring (bicyclic) bond motifs is 1. The summed E-state index contributed by atoms with van der Waals surface area (Å²) in [7, 11) is 0. The first-order chi connectivity index (χ1) is 17.4. The number of nitrogens with two attached hydrogens (primary N) is 1. The highest BCUT2D eigenvalue weighted by molar-refractivity contribution is 5.89. The molecule has 180 valence electrons. The van der Waals surface area contributed by atoms with Crippen molar-refractivity contribution in [3.8, 4) is 5.95 Å². The van der Waals surface area contributed by atoms with Crippen LogP contribution in [0, 0.1) is 11.6 Å². The molecule has 0 fully saturated rings. The van der Waals surface area contributed by atoms with Gasteiger partial charge >= 0.3 is 6.09 Å². The second-order valence-electron chi connectivity index (χ2n) is 7.90. The van der Waals surface area contributed by atoms with Crippen molar-refractivity contribution in [2.45, 2.75) is 13.0 Å². The number of halogens is 2. The summed E-state index contributed by atoms with van der Waals surface area (Å²) in [4.78, 5) is 25.7. The predicted molar refractivity (Wildman–Crippen MR) is 129 cm³/mol. The molecule has 0 aliphatic carbocycles. The van der Waals surface area contributed by atoms with Crippen molar-refractivity contribution in [3.05, 3.63) is 102 Å². The summed E-state index contributed by atoms with van der Waals surface area (Å²) in [6.07, 6.45) is 1.69. The minimum atomic E-state index is -1.35. The first-order valence-corrected chi connectivity index (χ1v) is 10.8. The lowest BCUT2D eigenvalue weighted by Crippen LogP contribution is -2.30. The second kappa shape index (κ2) is 9.37. The molecular formula is C25H19F2N7O2. The zero-order chi connectivity index (χ0) is 25.2. The van der Waals surface area contributed by atoms with Gasteiger partial charge in [-0.1, -0.05) is 36.4 Å². The van der Waals surface area contributed by atoms with Crippen LogP contribution in [0.3, 0.4) is 0 Å². The number of carboxylic acid groups (broad SMARTS) is 1. The fraction of sp³-hybridized carbons (Fsp3) is 0.0800. The Morgan fingerprint density at radius 3 is 2.33 bits per heavy atom. The third-order valence-corrected chi connectivity index (χ3v) is 5.61. The Bertz CT molecular complexity index is 1590. The average molecular weight is 487 g/mol. The topological polar surface area (TPSA) is 123 Å². The fourth-order valence-electron chi connectivity index (χ4n) is 3.85. The lowest BCUT2D eigenvalue weighted by molar-refractivity contribution is 0.201. The molecule has 5 rings (SSSR count). The summed E-state index contributed by atoms with van der Waals surface area (Å²) in [5.41, 5.74) is 8.36. The van der Waals surface area contributed by atoms with Gasteiger partial charge in [-0.05, 0) is 29.8 Å². The third kappa shape index (κ3) is 4.29. The van der Waals surface area contributed by atoms with E-state index in [2.05, 4.69) is 20.1 Å². The van der Waals surface area contributed by atoms with E-state index in [9.17, 15) is 18.7 Å². The molecule has 0 radical (unpaired) electrons. The summed E-state index contributed by atoms with van der Waals surface area (Å²) in [6.45, 7) is -0.281. The lowest BCUT2D eigenvalue weighted by atomic mass is 10.1. The SMILES string of the molecule is Nc1nc(-n2nc(Cc3ccccc3F)c3ncccc32)ncc1N(Cc1ccccc1F)C(=O)O. The third-order valence-electron chi connectivity index (χ3n) is 5.61. The zero-order valence-corrected chi connectivity index (χ0v) is 18.7. The van der Waals surface area contributed by atoms with Crippen molar-refractivity contribution in [2.75, 3.05) is 10.6 Å². The zero-order valence-electron chi connectivity index (χ0n) is 18.7. The van der Waals surface area contributed by atoms with Crippen molar-refractivity contribution in [2.24, 2.45) is 0 Å². The van der Waals surface area contributed by atoms with Crippen LogP contribution in [0.5, 0.6) is 0 Å². The minimum absolute atomic E-state index is 0.00401. The van der Waals surface area contributed by atoms with E-state index in [0.29, 0.717) is 22.3 Å². The molecule has 9 nitrogen and oxygen atoms in total. The molecular weight excluding hydrogens is 468 g/mol. The van der Waals surface area contributed by atoms with Crippen LogP contribution in [0.4, 0.5) is 25.1 Å². The summed E-state index contributed by atoms with van der Waals surface area (Å²) >= 11 is 0. The molecule has 0 aliphatic rings.